The summed E-state index contributed by atoms with van der Waals surface area (Å²) in [5.41, 5.74) is 4.84. The number of nitrogens with one attached hydrogen (secondary N) is 1. The van der Waals surface area contributed by atoms with E-state index in [-0.39, 0.29) is 5.96 Å². The van der Waals surface area contributed by atoms with Crippen molar-refractivity contribution in [3.63, 3.8) is 0 Å². The Hall–Kier alpha value is -2.97. The van der Waals surface area contributed by atoms with Gasteiger partial charge in [0.1, 0.15) is 5.75 Å². The van der Waals surface area contributed by atoms with Gasteiger partial charge in [0.25, 0.3) is 5.96 Å². The van der Waals surface area contributed by atoms with Gasteiger partial charge in [-0.2, -0.15) is 0 Å². The van der Waals surface area contributed by atoms with Crippen molar-refractivity contribution in [1.29, 1.82) is 0 Å². The van der Waals surface area contributed by atoms with E-state index < -0.39 is 12.1 Å². The Balaban J connectivity index is 1.71. The normalized spacial score (nSPS) is 13.7. The smallest absolute Gasteiger partial charge is 0.347 e. The van der Waals surface area contributed by atoms with E-state index in [0.717, 1.165) is 17.3 Å². The van der Waals surface area contributed by atoms with E-state index in [2.05, 4.69) is 10.4 Å². The lowest BCUT2D eigenvalue weighted by Crippen LogP contribution is -2.45. The number of hydrogen-bond acceptors (Lipinski definition) is 8. The van der Waals surface area contributed by atoms with Gasteiger partial charge in [0.05, 0.1) is 18.0 Å². The van der Waals surface area contributed by atoms with Gasteiger partial charge in [0, 0.05) is 17.8 Å². The monoisotopic (exact) mass is 418 g/mol. The maximum atomic E-state index is 11.8. The van der Waals surface area contributed by atoms with Crippen molar-refractivity contribution >= 4 is 40.6 Å². The molecule has 0 saturated heterocycles. The third-order valence-electron chi connectivity index (χ3n) is 4.21. The molecule has 1 heterocycles. The first kappa shape index (κ1) is 20.8. The third kappa shape index (κ3) is 4.90. The van der Waals surface area contributed by atoms with Gasteiger partial charge < -0.3 is 14.4 Å². The first-order valence-corrected chi connectivity index (χ1v) is 9.58. The summed E-state index contributed by atoms with van der Waals surface area (Å²) in [7, 11) is 1.77. The summed E-state index contributed by atoms with van der Waals surface area (Å²) in [5, 5.41) is 11.6. The van der Waals surface area contributed by atoms with Crippen LogP contribution in [-0.4, -0.2) is 42.1 Å². The number of carbonyl (C=O) groups excluding carboxylic acids is 1. The number of ether oxygens (including phenoxy) is 2. The number of rotatable bonds is 6. The van der Waals surface area contributed by atoms with E-state index in [9.17, 15) is 10.0 Å². The van der Waals surface area contributed by atoms with Crippen molar-refractivity contribution in [2.75, 3.05) is 24.0 Å². The first-order valence-electron chi connectivity index (χ1n) is 9.20. The number of fused-ring (bicyclic) bond motifs is 1. The second-order valence-electron chi connectivity index (χ2n) is 6.48. The van der Waals surface area contributed by atoms with Crippen LogP contribution in [0.4, 0.5) is 17.1 Å². The van der Waals surface area contributed by atoms with Gasteiger partial charge in [-0.1, -0.05) is 18.5 Å². The quantitative estimate of drug-likeness (QED) is 0.679. The van der Waals surface area contributed by atoms with E-state index in [1.54, 1.807) is 61.3 Å². The minimum absolute atomic E-state index is 0.282. The molecule has 1 aliphatic heterocycles. The van der Waals surface area contributed by atoms with Gasteiger partial charge in [-0.3, -0.25) is 10.6 Å². The van der Waals surface area contributed by atoms with Crippen molar-refractivity contribution in [2.45, 2.75) is 26.4 Å². The van der Waals surface area contributed by atoms with Crippen LogP contribution in [-0.2, 0) is 9.53 Å². The summed E-state index contributed by atoms with van der Waals surface area (Å²) < 4.78 is 10.7. The van der Waals surface area contributed by atoms with Crippen LogP contribution in [0.15, 0.2) is 47.5 Å². The van der Waals surface area contributed by atoms with Crippen LogP contribution in [0.1, 0.15) is 20.3 Å². The molecule has 0 saturated carbocycles. The third-order valence-corrected chi connectivity index (χ3v) is 4.45. The number of hydrogen-bond donors (Lipinski definition) is 2. The summed E-state index contributed by atoms with van der Waals surface area (Å²) in [4.78, 5) is 18.0. The van der Waals surface area contributed by atoms with Crippen LogP contribution in [0, 0.1) is 0 Å². The van der Waals surface area contributed by atoms with Crippen molar-refractivity contribution in [1.82, 2.24) is 5.17 Å². The van der Waals surface area contributed by atoms with Crippen LogP contribution in [0.2, 0.25) is 5.02 Å². The number of esters is 1. The minimum Gasteiger partial charge on any atom is -0.479 e. The molecular weight excluding hydrogens is 396 g/mol. The first-order chi connectivity index (χ1) is 13.9. The lowest BCUT2D eigenvalue weighted by atomic mass is 10.2. The number of aliphatic imine (C=N–C) groups is 1. The molecule has 2 N–H and O–H groups in total. The average Bonchev–Trinajstić information content (AvgIpc) is 2.71. The van der Waals surface area contributed by atoms with Gasteiger partial charge in [0.2, 0.25) is 0 Å². The van der Waals surface area contributed by atoms with Gasteiger partial charge >= 0.3 is 5.97 Å². The Morgan fingerprint density at radius 3 is 2.72 bits per heavy atom. The Labute approximate surface area is 174 Å². The number of hydrazine groups is 1. The van der Waals surface area contributed by atoms with Crippen LogP contribution in [0.25, 0.3) is 0 Å². The summed E-state index contributed by atoms with van der Waals surface area (Å²) >= 11 is 5.97. The molecule has 0 bridgehead atoms. The van der Waals surface area contributed by atoms with Gasteiger partial charge in [-0.25, -0.2) is 9.79 Å². The molecule has 154 valence electrons. The number of guanidine groups is 1. The average molecular weight is 419 g/mol. The lowest BCUT2D eigenvalue weighted by molar-refractivity contribution is -0.151. The highest BCUT2D eigenvalue weighted by atomic mass is 35.5. The molecule has 2 aromatic carbocycles. The number of anilines is 2. The molecule has 29 heavy (non-hydrogen) atoms. The van der Waals surface area contributed by atoms with E-state index >= 15 is 0 Å². The van der Waals surface area contributed by atoms with E-state index in [1.807, 2.05) is 6.92 Å². The van der Waals surface area contributed by atoms with Gasteiger partial charge in [-0.15, -0.1) is 5.17 Å². The van der Waals surface area contributed by atoms with E-state index in [0.29, 0.717) is 28.8 Å². The summed E-state index contributed by atoms with van der Waals surface area (Å²) in [6.07, 6.45) is 0.0609. The predicted octanol–water partition coefficient (Wildman–Crippen LogP) is 4.22. The number of benzene rings is 2. The van der Waals surface area contributed by atoms with Crippen molar-refractivity contribution < 1.29 is 19.5 Å². The molecule has 2 aromatic rings. The van der Waals surface area contributed by atoms with Crippen LogP contribution >= 0.6 is 11.6 Å². The zero-order valence-corrected chi connectivity index (χ0v) is 17.2. The highest BCUT2D eigenvalue weighted by molar-refractivity contribution is 6.31. The van der Waals surface area contributed by atoms with Crippen LogP contribution in [0.3, 0.4) is 0 Å². The molecule has 1 atom stereocenters. The molecule has 0 aromatic heterocycles. The highest BCUT2D eigenvalue weighted by Gasteiger charge is 2.23. The maximum Gasteiger partial charge on any atom is 0.347 e. The predicted molar refractivity (Wildman–Crippen MR) is 112 cm³/mol. The Morgan fingerprint density at radius 1 is 1.31 bits per heavy atom. The zero-order chi connectivity index (χ0) is 21.0. The SMILES string of the molecule is CCCOC(=O)C(C)Oc1ccc(N(C)C2=Nc3ccc(Cl)cc3NN2O)cc1. The minimum atomic E-state index is -0.701. The van der Waals surface area contributed by atoms with Crippen molar-refractivity contribution in [3.8, 4) is 5.75 Å². The second-order valence-corrected chi connectivity index (χ2v) is 6.91. The largest absolute Gasteiger partial charge is 0.479 e. The van der Waals surface area contributed by atoms with Crippen molar-refractivity contribution in [2.24, 2.45) is 4.99 Å². The summed E-state index contributed by atoms with van der Waals surface area (Å²) in [6, 6.07) is 12.2. The zero-order valence-electron chi connectivity index (χ0n) is 16.4. The molecule has 1 aliphatic rings. The van der Waals surface area contributed by atoms with E-state index in [1.165, 1.54) is 0 Å². The second kappa shape index (κ2) is 9.02. The molecule has 0 fully saturated rings. The number of nitrogens with zero attached hydrogens (tertiary/aromatic N) is 3. The summed E-state index contributed by atoms with van der Waals surface area (Å²) in [6.45, 7) is 3.95. The molecule has 8 nitrogen and oxygen atoms in total. The fraction of sp³-hybridized carbons (Fsp3) is 0.300. The lowest BCUT2D eigenvalue weighted by Gasteiger charge is -2.31. The Bertz CT molecular complexity index is 904. The highest BCUT2D eigenvalue weighted by Crippen LogP contribution is 2.32. The number of hydroxylamine groups is 1. The standard InChI is InChI=1S/C20H23ClN4O4/c1-4-11-28-19(26)13(2)29-16-8-6-15(7-9-16)24(3)20-22-17-10-5-14(21)12-18(17)23-25(20)27/h5-10,12-13,23,27H,4,11H2,1-3H3. The Morgan fingerprint density at radius 2 is 2.03 bits per heavy atom. The number of halogens is 1. The molecule has 3 rings (SSSR count). The van der Waals surface area contributed by atoms with Crippen LogP contribution in [0.5, 0.6) is 5.75 Å². The topological polar surface area (TPSA) is 86.6 Å². The van der Waals surface area contributed by atoms with Crippen molar-refractivity contribution in [3.05, 3.63) is 47.5 Å². The fourth-order valence-electron chi connectivity index (χ4n) is 2.67. The van der Waals surface area contributed by atoms with E-state index in [4.69, 9.17) is 21.1 Å². The van der Waals surface area contributed by atoms with Crippen LogP contribution < -0.4 is 15.1 Å². The molecule has 0 amide bonds. The summed E-state index contributed by atoms with van der Waals surface area (Å²) in [5.74, 6) is 0.419. The number of carbonyl (C=O) groups is 1. The molecule has 0 spiro atoms. The molecule has 0 radical (unpaired) electrons. The molecule has 1 unspecified atom stereocenters. The fourth-order valence-corrected chi connectivity index (χ4v) is 2.84. The van der Waals surface area contributed by atoms with Gasteiger partial charge in [0.15, 0.2) is 6.10 Å². The molecule has 9 heteroatoms. The molecular formula is C20H23ClN4O4. The Kier molecular flexibility index (Phi) is 6.46. The maximum absolute atomic E-state index is 11.8. The van der Waals surface area contributed by atoms with Gasteiger partial charge in [-0.05, 0) is 55.8 Å². The molecule has 0 aliphatic carbocycles.